The average molecular weight is 486 g/mol. The lowest BCUT2D eigenvalue weighted by Gasteiger charge is -2.34. The van der Waals surface area contributed by atoms with E-state index in [0.717, 1.165) is 35.0 Å². The Labute approximate surface area is 189 Å². The molecule has 1 fully saturated rings. The van der Waals surface area contributed by atoms with Crippen LogP contribution in [0.25, 0.3) is 10.8 Å². The largest absolute Gasteiger partial charge is 0.416 e. The van der Waals surface area contributed by atoms with Crippen molar-refractivity contribution < 1.29 is 26.4 Å². The average Bonchev–Trinajstić information content (AvgIpc) is 2.78. The van der Waals surface area contributed by atoms with E-state index in [0.29, 0.717) is 5.69 Å². The third-order valence-corrected chi connectivity index (χ3v) is 7.13. The normalized spacial score (nSPS) is 15.4. The van der Waals surface area contributed by atoms with Gasteiger partial charge >= 0.3 is 6.18 Å². The summed E-state index contributed by atoms with van der Waals surface area (Å²) in [6.07, 6.45) is -2.98. The lowest BCUT2D eigenvalue weighted by Crippen LogP contribution is -2.50. The second-order valence-corrected chi connectivity index (χ2v) is 9.04. The SMILES string of the molecule is Cl.O=C(c1nccc2ccccc12)N1CCN(S(=O)(=O)c2ccc(C(F)(F)F)cc2)CC1. The van der Waals surface area contributed by atoms with Gasteiger partial charge in [0.25, 0.3) is 5.91 Å². The summed E-state index contributed by atoms with van der Waals surface area (Å²) in [5.74, 6) is -0.289. The molecular weight excluding hydrogens is 467 g/mol. The Kier molecular flexibility index (Phi) is 6.77. The quantitative estimate of drug-likeness (QED) is 0.565. The van der Waals surface area contributed by atoms with Gasteiger partial charge in [-0.3, -0.25) is 9.78 Å². The second-order valence-electron chi connectivity index (χ2n) is 7.10. The van der Waals surface area contributed by atoms with Gasteiger partial charge in [-0.05, 0) is 35.7 Å². The molecule has 1 aliphatic rings. The van der Waals surface area contributed by atoms with Crippen molar-refractivity contribution >= 4 is 39.1 Å². The van der Waals surface area contributed by atoms with Gasteiger partial charge in [0.05, 0.1) is 10.5 Å². The molecule has 3 aromatic rings. The van der Waals surface area contributed by atoms with Crippen molar-refractivity contribution in [1.29, 1.82) is 0 Å². The summed E-state index contributed by atoms with van der Waals surface area (Å²) < 4.78 is 64.9. The number of benzene rings is 2. The van der Waals surface area contributed by atoms with Gasteiger partial charge in [-0.2, -0.15) is 17.5 Å². The molecule has 1 saturated heterocycles. The molecule has 1 amide bonds. The molecule has 170 valence electrons. The minimum atomic E-state index is -4.54. The van der Waals surface area contributed by atoms with Crippen molar-refractivity contribution in [1.82, 2.24) is 14.2 Å². The summed E-state index contributed by atoms with van der Waals surface area (Å²) in [6, 6.07) is 12.6. The van der Waals surface area contributed by atoms with E-state index in [-0.39, 0.29) is 49.4 Å². The minimum Gasteiger partial charge on any atom is -0.335 e. The first-order valence-electron chi connectivity index (χ1n) is 9.48. The van der Waals surface area contributed by atoms with Crippen LogP contribution in [0.15, 0.2) is 65.7 Å². The van der Waals surface area contributed by atoms with Gasteiger partial charge in [-0.1, -0.05) is 24.3 Å². The lowest BCUT2D eigenvalue weighted by atomic mass is 10.1. The maximum atomic E-state index is 13.0. The number of rotatable bonds is 3. The van der Waals surface area contributed by atoms with Gasteiger partial charge in [0, 0.05) is 37.8 Å². The Morgan fingerprint density at radius 3 is 2.16 bits per heavy atom. The van der Waals surface area contributed by atoms with E-state index in [1.54, 1.807) is 18.3 Å². The van der Waals surface area contributed by atoms with Crippen LogP contribution in [-0.4, -0.2) is 54.7 Å². The third-order valence-electron chi connectivity index (χ3n) is 5.22. The third kappa shape index (κ3) is 4.57. The lowest BCUT2D eigenvalue weighted by molar-refractivity contribution is -0.137. The molecule has 2 aromatic carbocycles. The summed E-state index contributed by atoms with van der Waals surface area (Å²) in [5, 5.41) is 1.60. The van der Waals surface area contributed by atoms with E-state index in [1.165, 1.54) is 9.21 Å². The monoisotopic (exact) mass is 485 g/mol. The highest BCUT2D eigenvalue weighted by Gasteiger charge is 2.33. The second kappa shape index (κ2) is 9.05. The Hall–Kier alpha value is -2.69. The van der Waals surface area contributed by atoms with Gasteiger partial charge in [-0.15, -0.1) is 12.4 Å². The van der Waals surface area contributed by atoms with Crippen LogP contribution in [0, 0.1) is 0 Å². The van der Waals surface area contributed by atoms with Crippen LogP contribution in [0.4, 0.5) is 13.2 Å². The van der Waals surface area contributed by atoms with Crippen molar-refractivity contribution in [2.45, 2.75) is 11.1 Å². The number of fused-ring (bicyclic) bond motifs is 1. The number of pyridine rings is 1. The molecule has 0 atom stereocenters. The number of carbonyl (C=O) groups excluding carboxylic acids is 1. The predicted octanol–water partition coefficient (Wildman–Crippen LogP) is 3.82. The first-order valence-corrected chi connectivity index (χ1v) is 10.9. The molecule has 32 heavy (non-hydrogen) atoms. The minimum absolute atomic E-state index is 0. The van der Waals surface area contributed by atoms with Crippen LogP contribution >= 0.6 is 12.4 Å². The first-order chi connectivity index (χ1) is 14.7. The number of aromatic nitrogens is 1. The zero-order valence-corrected chi connectivity index (χ0v) is 18.3. The van der Waals surface area contributed by atoms with Gasteiger partial charge in [0.1, 0.15) is 5.69 Å². The zero-order valence-electron chi connectivity index (χ0n) is 16.6. The van der Waals surface area contributed by atoms with Crippen molar-refractivity contribution in [3.63, 3.8) is 0 Å². The highest BCUT2D eigenvalue weighted by atomic mass is 35.5. The molecule has 6 nitrogen and oxygen atoms in total. The summed E-state index contributed by atoms with van der Waals surface area (Å²) in [6.45, 7) is 0.396. The van der Waals surface area contributed by atoms with E-state index in [9.17, 15) is 26.4 Å². The standard InChI is InChI=1S/C21H18F3N3O3S.ClH/c22-21(23,24)16-5-7-17(8-6-16)31(29,30)27-13-11-26(12-14-27)20(28)19-18-4-2-1-3-15(18)9-10-25-19;/h1-10H,11-14H2;1H. The van der Waals surface area contributed by atoms with E-state index < -0.39 is 21.8 Å². The number of halogens is 4. The molecule has 1 aliphatic heterocycles. The van der Waals surface area contributed by atoms with Crippen molar-refractivity contribution in [3.05, 3.63) is 72.1 Å². The van der Waals surface area contributed by atoms with E-state index in [1.807, 2.05) is 18.2 Å². The first kappa shape index (κ1) is 24.0. The summed E-state index contributed by atoms with van der Waals surface area (Å²) in [4.78, 5) is 18.5. The molecule has 0 bridgehead atoms. The van der Waals surface area contributed by atoms with Gasteiger partial charge in [0.15, 0.2) is 0 Å². The molecule has 0 saturated carbocycles. The fourth-order valence-electron chi connectivity index (χ4n) is 3.54. The zero-order chi connectivity index (χ0) is 22.2. The summed E-state index contributed by atoms with van der Waals surface area (Å²) in [5.41, 5.74) is -0.610. The van der Waals surface area contributed by atoms with Crippen LogP contribution in [0.5, 0.6) is 0 Å². The van der Waals surface area contributed by atoms with Crippen LogP contribution in [0.2, 0.25) is 0 Å². The Bertz CT molecular complexity index is 1220. The number of piperazine rings is 1. The molecule has 1 aromatic heterocycles. The fraction of sp³-hybridized carbons (Fsp3) is 0.238. The highest BCUT2D eigenvalue weighted by molar-refractivity contribution is 7.89. The number of amides is 1. The smallest absolute Gasteiger partial charge is 0.335 e. The number of hydrogen-bond acceptors (Lipinski definition) is 4. The van der Waals surface area contributed by atoms with Crippen LogP contribution in [0.3, 0.4) is 0 Å². The van der Waals surface area contributed by atoms with Gasteiger partial charge in [-0.25, -0.2) is 8.42 Å². The van der Waals surface area contributed by atoms with Crippen molar-refractivity contribution in [2.75, 3.05) is 26.2 Å². The molecule has 0 aliphatic carbocycles. The highest BCUT2D eigenvalue weighted by Crippen LogP contribution is 2.30. The predicted molar refractivity (Wildman–Crippen MR) is 115 cm³/mol. The topological polar surface area (TPSA) is 70.6 Å². The molecule has 0 radical (unpaired) electrons. The number of nitrogens with zero attached hydrogens (tertiary/aromatic N) is 3. The number of hydrogen-bond donors (Lipinski definition) is 0. The Morgan fingerprint density at radius 1 is 0.906 bits per heavy atom. The molecular formula is C21H19ClF3N3O3S. The number of sulfonamides is 1. The number of alkyl halides is 3. The molecule has 0 unspecified atom stereocenters. The Morgan fingerprint density at radius 2 is 1.53 bits per heavy atom. The van der Waals surface area contributed by atoms with E-state index >= 15 is 0 Å². The summed E-state index contributed by atoms with van der Waals surface area (Å²) in [7, 11) is -3.96. The molecule has 4 rings (SSSR count). The maximum Gasteiger partial charge on any atom is 0.416 e. The molecule has 2 heterocycles. The van der Waals surface area contributed by atoms with Gasteiger partial charge in [0.2, 0.25) is 10.0 Å². The molecule has 0 spiro atoms. The molecule has 11 heteroatoms. The fourth-order valence-corrected chi connectivity index (χ4v) is 4.96. The van der Waals surface area contributed by atoms with Gasteiger partial charge < -0.3 is 4.90 Å². The number of carbonyl (C=O) groups is 1. The summed E-state index contributed by atoms with van der Waals surface area (Å²) >= 11 is 0. The van der Waals surface area contributed by atoms with Crippen LogP contribution in [0.1, 0.15) is 16.1 Å². The van der Waals surface area contributed by atoms with Crippen molar-refractivity contribution in [2.24, 2.45) is 0 Å². The maximum absolute atomic E-state index is 13.0. The van der Waals surface area contributed by atoms with Crippen molar-refractivity contribution in [3.8, 4) is 0 Å². The van der Waals surface area contributed by atoms with Crippen LogP contribution < -0.4 is 0 Å². The van der Waals surface area contributed by atoms with Crippen LogP contribution in [-0.2, 0) is 16.2 Å². The molecule has 0 N–H and O–H groups in total. The van der Waals surface area contributed by atoms with E-state index in [4.69, 9.17) is 0 Å². The Balaban J connectivity index is 0.00000289. The van der Waals surface area contributed by atoms with E-state index in [2.05, 4.69) is 4.98 Å².